The van der Waals surface area contributed by atoms with Gasteiger partial charge in [-0.25, -0.2) is 0 Å². The van der Waals surface area contributed by atoms with Crippen molar-refractivity contribution >= 4 is 11.6 Å². The Morgan fingerprint density at radius 1 is 0.773 bits per heavy atom. The standard InChI is InChI=1S/C16H12N6/c17-16-18-15-13(11-7-3-1-4-8-11)19-20-14(22(15)21-16)12-9-5-2-6-10-12/h1-10H,(H2,17,21). The van der Waals surface area contributed by atoms with Crippen molar-refractivity contribution in [1.29, 1.82) is 0 Å². The van der Waals surface area contributed by atoms with Crippen LogP contribution < -0.4 is 5.73 Å². The molecule has 0 fully saturated rings. The Morgan fingerprint density at radius 3 is 2.09 bits per heavy atom. The third-order valence-electron chi connectivity index (χ3n) is 3.36. The minimum atomic E-state index is 0.198. The lowest BCUT2D eigenvalue weighted by molar-refractivity contribution is 0.884. The maximum Gasteiger partial charge on any atom is 0.240 e. The van der Waals surface area contributed by atoms with Crippen LogP contribution in [0.3, 0.4) is 0 Å². The average Bonchev–Trinajstić information content (AvgIpc) is 2.97. The van der Waals surface area contributed by atoms with Crippen molar-refractivity contribution < 1.29 is 0 Å². The summed E-state index contributed by atoms with van der Waals surface area (Å²) in [5, 5.41) is 12.9. The number of nitrogen functional groups attached to an aromatic ring is 1. The second kappa shape index (κ2) is 4.92. The van der Waals surface area contributed by atoms with Crippen LogP contribution in [0.2, 0.25) is 0 Å². The maximum absolute atomic E-state index is 5.79. The van der Waals surface area contributed by atoms with Gasteiger partial charge in [-0.05, 0) is 0 Å². The summed E-state index contributed by atoms with van der Waals surface area (Å²) in [5.41, 5.74) is 8.87. The van der Waals surface area contributed by atoms with Gasteiger partial charge in [-0.15, -0.1) is 15.3 Å². The van der Waals surface area contributed by atoms with Crippen LogP contribution in [0.5, 0.6) is 0 Å². The second-order valence-electron chi connectivity index (χ2n) is 4.81. The van der Waals surface area contributed by atoms with E-state index in [1.807, 2.05) is 60.7 Å². The zero-order chi connectivity index (χ0) is 14.9. The van der Waals surface area contributed by atoms with Gasteiger partial charge in [0.1, 0.15) is 5.69 Å². The Labute approximate surface area is 126 Å². The lowest BCUT2D eigenvalue weighted by Crippen LogP contribution is -2.03. The number of benzene rings is 2. The first kappa shape index (κ1) is 12.5. The van der Waals surface area contributed by atoms with Crippen LogP contribution in [0.1, 0.15) is 0 Å². The highest BCUT2D eigenvalue weighted by Gasteiger charge is 2.15. The Kier molecular flexibility index (Phi) is 2.79. The summed E-state index contributed by atoms with van der Waals surface area (Å²) in [6, 6.07) is 19.5. The van der Waals surface area contributed by atoms with E-state index in [2.05, 4.69) is 20.3 Å². The molecular formula is C16H12N6. The summed E-state index contributed by atoms with van der Waals surface area (Å²) in [5.74, 6) is 0.809. The quantitative estimate of drug-likeness (QED) is 0.612. The predicted molar refractivity (Wildman–Crippen MR) is 83.9 cm³/mol. The monoisotopic (exact) mass is 288 g/mol. The molecule has 0 aliphatic carbocycles. The molecule has 0 aliphatic heterocycles. The van der Waals surface area contributed by atoms with Crippen LogP contribution >= 0.6 is 0 Å². The molecule has 2 N–H and O–H groups in total. The highest BCUT2D eigenvalue weighted by Crippen LogP contribution is 2.24. The van der Waals surface area contributed by atoms with Gasteiger partial charge in [0, 0.05) is 11.1 Å². The lowest BCUT2D eigenvalue weighted by Gasteiger charge is -2.05. The third-order valence-corrected chi connectivity index (χ3v) is 3.36. The summed E-state index contributed by atoms with van der Waals surface area (Å²) in [4.78, 5) is 4.30. The van der Waals surface area contributed by atoms with Gasteiger partial charge in [-0.1, -0.05) is 60.7 Å². The molecule has 2 aromatic carbocycles. The molecule has 0 unspecified atom stereocenters. The summed E-state index contributed by atoms with van der Waals surface area (Å²) in [7, 11) is 0. The number of hydrogen-bond donors (Lipinski definition) is 1. The molecule has 0 saturated heterocycles. The topological polar surface area (TPSA) is 82.0 Å². The number of fused-ring (bicyclic) bond motifs is 1. The van der Waals surface area contributed by atoms with Crippen LogP contribution in [-0.4, -0.2) is 24.8 Å². The van der Waals surface area contributed by atoms with Crippen LogP contribution in [-0.2, 0) is 0 Å². The van der Waals surface area contributed by atoms with E-state index in [1.165, 1.54) is 0 Å². The molecule has 0 saturated carbocycles. The molecule has 0 bridgehead atoms. The zero-order valence-electron chi connectivity index (χ0n) is 11.6. The predicted octanol–water partition coefficient (Wildman–Crippen LogP) is 2.44. The number of nitrogens with two attached hydrogens (primary N) is 1. The van der Waals surface area contributed by atoms with Crippen molar-refractivity contribution in [2.75, 3.05) is 5.73 Å². The molecule has 2 aromatic heterocycles. The van der Waals surface area contributed by atoms with Gasteiger partial charge < -0.3 is 5.73 Å². The summed E-state index contributed by atoms with van der Waals surface area (Å²) >= 11 is 0. The molecule has 0 radical (unpaired) electrons. The summed E-state index contributed by atoms with van der Waals surface area (Å²) in [6.45, 7) is 0. The molecule has 6 nitrogen and oxygen atoms in total. The number of hydrogen-bond acceptors (Lipinski definition) is 5. The minimum absolute atomic E-state index is 0.198. The van der Waals surface area contributed by atoms with E-state index in [1.54, 1.807) is 4.52 Å². The molecule has 0 aliphatic rings. The van der Waals surface area contributed by atoms with Crippen molar-refractivity contribution in [1.82, 2.24) is 24.8 Å². The van der Waals surface area contributed by atoms with E-state index >= 15 is 0 Å². The van der Waals surface area contributed by atoms with Crippen molar-refractivity contribution in [3.05, 3.63) is 60.7 Å². The van der Waals surface area contributed by atoms with E-state index in [9.17, 15) is 0 Å². The van der Waals surface area contributed by atoms with Crippen LogP contribution in [0.25, 0.3) is 28.3 Å². The molecule has 4 aromatic rings. The van der Waals surface area contributed by atoms with Gasteiger partial charge in [-0.3, -0.25) is 0 Å². The molecule has 106 valence electrons. The van der Waals surface area contributed by atoms with Gasteiger partial charge in [0.15, 0.2) is 11.5 Å². The fourth-order valence-corrected chi connectivity index (χ4v) is 2.36. The summed E-state index contributed by atoms with van der Waals surface area (Å²) in [6.07, 6.45) is 0. The number of nitrogens with zero attached hydrogens (tertiary/aromatic N) is 5. The largest absolute Gasteiger partial charge is 0.366 e. The second-order valence-corrected chi connectivity index (χ2v) is 4.81. The molecule has 0 spiro atoms. The first-order chi connectivity index (χ1) is 10.8. The summed E-state index contributed by atoms with van der Waals surface area (Å²) < 4.78 is 1.64. The molecule has 2 heterocycles. The van der Waals surface area contributed by atoms with Gasteiger partial charge >= 0.3 is 0 Å². The van der Waals surface area contributed by atoms with E-state index in [0.717, 1.165) is 11.1 Å². The van der Waals surface area contributed by atoms with Crippen molar-refractivity contribution in [2.24, 2.45) is 0 Å². The van der Waals surface area contributed by atoms with Gasteiger partial charge in [0.25, 0.3) is 0 Å². The minimum Gasteiger partial charge on any atom is -0.366 e. The first-order valence-corrected chi connectivity index (χ1v) is 6.83. The van der Waals surface area contributed by atoms with E-state index in [-0.39, 0.29) is 5.95 Å². The lowest BCUT2D eigenvalue weighted by atomic mass is 10.1. The molecule has 22 heavy (non-hydrogen) atoms. The highest BCUT2D eigenvalue weighted by atomic mass is 15.4. The fourth-order valence-electron chi connectivity index (χ4n) is 2.36. The molecule has 6 heteroatoms. The zero-order valence-corrected chi connectivity index (χ0v) is 11.6. The van der Waals surface area contributed by atoms with Crippen LogP contribution in [0, 0.1) is 0 Å². The Balaban J connectivity index is 2.00. The molecule has 4 rings (SSSR count). The maximum atomic E-state index is 5.79. The third kappa shape index (κ3) is 1.98. The van der Waals surface area contributed by atoms with Gasteiger partial charge in [-0.2, -0.15) is 9.50 Å². The molecular weight excluding hydrogens is 276 g/mol. The van der Waals surface area contributed by atoms with E-state index in [4.69, 9.17) is 5.73 Å². The van der Waals surface area contributed by atoms with E-state index in [0.29, 0.717) is 17.2 Å². The van der Waals surface area contributed by atoms with Gasteiger partial charge in [0.2, 0.25) is 5.95 Å². The average molecular weight is 288 g/mol. The smallest absolute Gasteiger partial charge is 0.240 e. The van der Waals surface area contributed by atoms with Crippen molar-refractivity contribution in [2.45, 2.75) is 0 Å². The number of aromatic nitrogens is 5. The normalized spacial score (nSPS) is 10.9. The molecule has 0 amide bonds. The van der Waals surface area contributed by atoms with Crippen LogP contribution in [0.15, 0.2) is 60.7 Å². The van der Waals surface area contributed by atoms with Crippen molar-refractivity contribution in [3.8, 4) is 22.6 Å². The Bertz CT molecular complexity index is 854. The Morgan fingerprint density at radius 2 is 1.41 bits per heavy atom. The van der Waals surface area contributed by atoms with Gasteiger partial charge in [0.05, 0.1) is 0 Å². The number of anilines is 1. The SMILES string of the molecule is Nc1nc2c(-c3ccccc3)nnc(-c3ccccc3)n2n1. The van der Waals surface area contributed by atoms with E-state index < -0.39 is 0 Å². The van der Waals surface area contributed by atoms with Crippen molar-refractivity contribution in [3.63, 3.8) is 0 Å². The molecule has 0 atom stereocenters. The Hall–Kier alpha value is -3.28. The van der Waals surface area contributed by atoms with Crippen LogP contribution in [0.4, 0.5) is 5.95 Å². The number of rotatable bonds is 2. The highest BCUT2D eigenvalue weighted by molar-refractivity contribution is 5.75. The fraction of sp³-hybridized carbons (Fsp3) is 0. The first-order valence-electron chi connectivity index (χ1n) is 6.83.